The number of nitrogens with one attached hydrogen (secondary N) is 2. The van der Waals surface area contributed by atoms with Crippen molar-refractivity contribution in [1.29, 1.82) is 0 Å². The van der Waals surface area contributed by atoms with E-state index in [4.69, 9.17) is 22.1 Å². The van der Waals surface area contributed by atoms with E-state index in [1.165, 1.54) is 10.9 Å². The molecule has 196 valence electrons. The van der Waals surface area contributed by atoms with Gasteiger partial charge in [-0.05, 0) is 57.8 Å². The van der Waals surface area contributed by atoms with Crippen molar-refractivity contribution in [3.8, 4) is 11.6 Å². The number of aromatic nitrogens is 5. The summed E-state index contributed by atoms with van der Waals surface area (Å²) in [7, 11) is 0. The number of benzene rings is 3. The average Bonchev–Trinajstić information content (AvgIpc) is 3.58. The molecule has 0 spiro atoms. The zero-order valence-electron chi connectivity index (χ0n) is 20.4. The summed E-state index contributed by atoms with van der Waals surface area (Å²) in [6, 6.07) is 24.2. The second kappa shape index (κ2) is 11.9. The number of anilines is 2. The van der Waals surface area contributed by atoms with Crippen molar-refractivity contribution in [2.45, 2.75) is 13.2 Å². The number of rotatable bonds is 10. The first-order valence-corrected chi connectivity index (χ1v) is 12.1. The van der Waals surface area contributed by atoms with E-state index in [1.807, 2.05) is 72.8 Å². The van der Waals surface area contributed by atoms with Crippen molar-refractivity contribution in [2.24, 2.45) is 5.10 Å². The number of carbonyl (C=O) groups is 1. The van der Waals surface area contributed by atoms with E-state index in [-0.39, 0.29) is 23.9 Å². The second-order valence-corrected chi connectivity index (χ2v) is 8.61. The molecule has 2 aromatic heterocycles. The molecule has 5 rings (SSSR count). The fraction of sp³-hybridized carbons (Fsp3) is 0.0769. The molecule has 13 heteroatoms. The van der Waals surface area contributed by atoms with Crippen molar-refractivity contribution in [2.75, 3.05) is 11.1 Å². The monoisotopic (exact) mass is 543 g/mol. The van der Waals surface area contributed by atoms with E-state index in [1.54, 1.807) is 6.07 Å². The van der Waals surface area contributed by atoms with Crippen LogP contribution in [0.1, 0.15) is 27.3 Å². The number of para-hydroxylation sites is 1. The van der Waals surface area contributed by atoms with Crippen molar-refractivity contribution in [1.82, 2.24) is 30.7 Å². The molecule has 0 fully saturated rings. The van der Waals surface area contributed by atoms with Crippen LogP contribution >= 0.6 is 11.6 Å². The van der Waals surface area contributed by atoms with Crippen LogP contribution in [0.2, 0.25) is 5.02 Å². The first kappa shape index (κ1) is 25.4. The molecule has 0 radical (unpaired) electrons. The molecule has 5 aromatic rings. The molecule has 2 heterocycles. The Kier molecular flexibility index (Phi) is 7.74. The summed E-state index contributed by atoms with van der Waals surface area (Å²) < 4.78 is 11.8. The molecule has 0 aliphatic rings. The first-order valence-electron chi connectivity index (χ1n) is 11.7. The van der Waals surface area contributed by atoms with Crippen LogP contribution in [0.5, 0.6) is 5.75 Å². The molecule has 0 unspecified atom stereocenters. The number of nitrogens with zero attached hydrogens (tertiary/aromatic N) is 6. The highest BCUT2D eigenvalue weighted by Crippen LogP contribution is 2.18. The lowest BCUT2D eigenvalue weighted by Crippen LogP contribution is -2.21. The number of nitrogens with two attached hydrogens (primary N) is 1. The Balaban J connectivity index is 1.27. The fourth-order valence-electron chi connectivity index (χ4n) is 3.54. The predicted octanol–water partition coefficient (Wildman–Crippen LogP) is 3.84. The lowest BCUT2D eigenvalue weighted by Gasteiger charge is -2.08. The minimum Gasteiger partial charge on any atom is -0.489 e. The zero-order valence-corrected chi connectivity index (χ0v) is 21.1. The van der Waals surface area contributed by atoms with E-state index in [9.17, 15) is 4.79 Å². The number of hydrazone groups is 1. The molecule has 0 saturated carbocycles. The van der Waals surface area contributed by atoms with Gasteiger partial charge in [-0.15, -0.1) is 5.10 Å². The summed E-state index contributed by atoms with van der Waals surface area (Å²) in [5.74, 6) is 0.193. The highest BCUT2D eigenvalue weighted by Gasteiger charge is 2.23. The number of nitrogen functional groups attached to an aromatic ring is 1. The highest BCUT2D eigenvalue weighted by molar-refractivity contribution is 6.30. The Bertz CT molecular complexity index is 1580. The van der Waals surface area contributed by atoms with Gasteiger partial charge in [-0.3, -0.25) is 4.79 Å². The molecule has 12 nitrogen and oxygen atoms in total. The van der Waals surface area contributed by atoms with Crippen molar-refractivity contribution in [3.05, 3.63) is 106 Å². The van der Waals surface area contributed by atoms with Gasteiger partial charge in [0.1, 0.15) is 12.4 Å². The molecule has 0 bridgehead atoms. The molecular formula is C26H22ClN9O3. The highest BCUT2D eigenvalue weighted by atomic mass is 35.5. The normalized spacial score (nSPS) is 11.0. The molecule has 3 aromatic carbocycles. The largest absolute Gasteiger partial charge is 0.489 e. The molecule has 39 heavy (non-hydrogen) atoms. The van der Waals surface area contributed by atoms with E-state index in [0.29, 0.717) is 23.1 Å². The van der Waals surface area contributed by atoms with Gasteiger partial charge < -0.3 is 15.8 Å². The number of carbonyl (C=O) groups excluding carboxylic acids is 1. The van der Waals surface area contributed by atoms with Crippen LogP contribution < -0.4 is 21.2 Å². The van der Waals surface area contributed by atoms with Gasteiger partial charge in [0.25, 0.3) is 5.91 Å². The lowest BCUT2D eigenvalue weighted by molar-refractivity contribution is 0.0949. The van der Waals surface area contributed by atoms with Crippen molar-refractivity contribution < 1.29 is 14.2 Å². The molecular weight excluding hydrogens is 522 g/mol. The smallest absolute Gasteiger partial charge is 0.293 e. The Morgan fingerprint density at radius 1 is 1.08 bits per heavy atom. The molecule has 0 atom stereocenters. The fourth-order valence-corrected chi connectivity index (χ4v) is 3.66. The number of amides is 1. The summed E-state index contributed by atoms with van der Waals surface area (Å²) in [5.41, 5.74) is 11.3. The maximum absolute atomic E-state index is 13.0. The Hall–Kier alpha value is -5.23. The van der Waals surface area contributed by atoms with E-state index in [2.05, 4.69) is 41.1 Å². The topological polar surface area (TPSA) is 158 Å². The van der Waals surface area contributed by atoms with Gasteiger partial charge >= 0.3 is 0 Å². The van der Waals surface area contributed by atoms with Gasteiger partial charge in [0.05, 0.1) is 18.5 Å². The number of hydrogen-bond donors (Lipinski definition) is 3. The third-order valence-electron chi connectivity index (χ3n) is 5.46. The third kappa shape index (κ3) is 6.37. The maximum atomic E-state index is 13.0. The van der Waals surface area contributed by atoms with Gasteiger partial charge in [0.15, 0.2) is 5.69 Å². The van der Waals surface area contributed by atoms with Gasteiger partial charge in [-0.1, -0.05) is 59.3 Å². The van der Waals surface area contributed by atoms with Crippen LogP contribution in [0.25, 0.3) is 5.82 Å². The minimum atomic E-state index is -0.576. The predicted molar refractivity (Wildman–Crippen MR) is 145 cm³/mol. The minimum absolute atomic E-state index is 0.00371. The van der Waals surface area contributed by atoms with Crippen LogP contribution in [0.15, 0.2) is 88.6 Å². The zero-order chi connectivity index (χ0) is 27.0. The SMILES string of the molecule is Nc1nonc1-n1nnc(C(=O)N/N=C/c2cccc(OCc3ccc(Cl)cc3)c2)c1CNc1ccccc1. The van der Waals surface area contributed by atoms with E-state index < -0.39 is 5.91 Å². The van der Waals surface area contributed by atoms with Gasteiger partial charge in [-0.2, -0.15) is 9.78 Å². The Morgan fingerprint density at radius 3 is 2.67 bits per heavy atom. The summed E-state index contributed by atoms with van der Waals surface area (Å²) in [6.45, 7) is 0.568. The van der Waals surface area contributed by atoms with Crippen LogP contribution in [0.3, 0.4) is 0 Å². The van der Waals surface area contributed by atoms with E-state index in [0.717, 1.165) is 16.8 Å². The van der Waals surface area contributed by atoms with Gasteiger partial charge in [0.2, 0.25) is 11.6 Å². The van der Waals surface area contributed by atoms with Crippen LogP contribution in [0.4, 0.5) is 11.5 Å². The molecule has 4 N–H and O–H groups in total. The lowest BCUT2D eigenvalue weighted by atomic mass is 10.2. The van der Waals surface area contributed by atoms with Crippen molar-refractivity contribution in [3.63, 3.8) is 0 Å². The first-order chi connectivity index (χ1) is 19.1. The summed E-state index contributed by atoms with van der Waals surface area (Å²) in [5, 5.41) is 23.3. The molecule has 0 aliphatic carbocycles. The number of halogens is 1. The van der Waals surface area contributed by atoms with Crippen molar-refractivity contribution >= 4 is 35.2 Å². The third-order valence-corrected chi connectivity index (χ3v) is 5.72. The van der Waals surface area contributed by atoms with E-state index >= 15 is 0 Å². The summed E-state index contributed by atoms with van der Waals surface area (Å²) in [4.78, 5) is 13.0. The van der Waals surface area contributed by atoms with Gasteiger partial charge in [0, 0.05) is 10.7 Å². The maximum Gasteiger partial charge on any atom is 0.293 e. The van der Waals surface area contributed by atoms with Crippen LogP contribution in [-0.2, 0) is 13.2 Å². The van der Waals surface area contributed by atoms with Gasteiger partial charge in [-0.25, -0.2) is 10.1 Å². The molecule has 1 amide bonds. The number of hydrogen-bond acceptors (Lipinski definition) is 10. The Labute approximate surface area is 227 Å². The second-order valence-electron chi connectivity index (χ2n) is 8.18. The Morgan fingerprint density at radius 2 is 1.90 bits per heavy atom. The summed E-state index contributed by atoms with van der Waals surface area (Å²) >= 11 is 5.93. The summed E-state index contributed by atoms with van der Waals surface area (Å²) in [6.07, 6.45) is 1.50. The number of ether oxygens (including phenoxy) is 1. The molecule has 0 saturated heterocycles. The quantitative estimate of drug-likeness (QED) is 0.176. The van der Waals surface area contributed by atoms with Crippen LogP contribution in [-0.4, -0.2) is 37.4 Å². The average molecular weight is 544 g/mol. The molecule has 0 aliphatic heterocycles. The van der Waals surface area contributed by atoms with Crippen LogP contribution in [0, 0.1) is 0 Å². The standard InChI is InChI=1S/C26H22ClN9O3/c27-19-11-9-17(10-12-19)16-38-21-8-4-5-18(13-21)14-30-32-26(37)23-22(15-29-20-6-2-1-3-7-20)36(35-31-23)25-24(28)33-39-34-25/h1-14,29H,15-16H2,(H2,28,33)(H,32,37)/b30-14+.